The Morgan fingerprint density at radius 3 is 2.80 bits per heavy atom. The van der Waals surface area contributed by atoms with Crippen LogP contribution in [0.25, 0.3) is 11.3 Å². The van der Waals surface area contributed by atoms with Crippen LogP contribution in [0, 0.1) is 0 Å². The van der Waals surface area contributed by atoms with Gasteiger partial charge in [-0.3, -0.25) is 4.79 Å². The Morgan fingerprint density at radius 2 is 2.08 bits per heavy atom. The molecule has 0 aliphatic carbocycles. The van der Waals surface area contributed by atoms with Gasteiger partial charge in [0, 0.05) is 18.2 Å². The Bertz CT molecular complexity index is 739. The molecule has 6 nitrogen and oxygen atoms in total. The second-order valence-electron chi connectivity index (χ2n) is 6.46. The SMILES string of the molecule is CC(C)OC(=O)[C@@H]1CCCN1C(=O)Cc1cc(-c2ccccc2)on1. The maximum atomic E-state index is 12.6. The molecule has 1 aromatic carbocycles. The van der Waals surface area contributed by atoms with E-state index in [4.69, 9.17) is 9.26 Å². The lowest BCUT2D eigenvalue weighted by Gasteiger charge is -2.23. The Morgan fingerprint density at radius 1 is 1.32 bits per heavy atom. The predicted molar refractivity (Wildman–Crippen MR) is 91.6 cm³/mol. The number of ether oxygens (including phenoxy) is 1. The summed E-state index contributed by atoms with van der Waals surface area (Å²) in [4.78, 5) is 26.4. The molecule has 1 amide bonds. The van der Waals surface area contributed by atoms with Crippen LogP contribution < -0.4 is 0 Å². The fraction of sp³-hybridized carbons (Fsp3) is 0.421. The highest BCUT2D eigenvalue weighted by molar-refractivity contribution is 5.86. The Balaban J connectivity index is 1.66. The van der Waals surface area contributed by atoms with Gasteiger partial charge in [0.2, 0.25) is 5.91 Å². The van der Waals surface area contributed by atoms with Crippen LogP contribution in [0.5, 0.6) is 0 Å². The standard InChI is InChI=1S/C19H22N2O4/c1-13(2)24-19(23)16-9-6-10-21(16)18(22)12-15-11-17(25-20-15)14-7-4-3-5-8-14/h3-5,7-8,11,13,16H,6,9-10,12H2,1-2H3/t16-/m0/s1. The van der Waals surface area contributed by atoms with Gasteiger partial charge in [0.15, 0.2) is 5.76 Å². The largest absolute Gasteiger partial charge is 0.461 e. The van der Waals surface area contributed by atoms with Crippen LogP contribution >= 0.6 is 0 Å². The van der Waals surface area contributed by atoms with E-state index in [1.807, 2.05) is 30.3 Å². The maximum Gasteiger partial charge on any atom is 0.329 e. The lowest BCUT2D eigenvalue weighted by atomic mass is 10.1. The zero-order valence-corrected chi connectivity index (χ0v) is 14.5. The number of hydrogen-bond donors (Lipinski definition) is 0. The summed E-state index contributed by atoms with van der Waals surface area (Å²) in [5.74, 6) is 0.169. The van der Waals surface area contributed by atoms with Crippen molar-refractivity contribution in [3.63, 3.8) is 0 Å². The van der Waals surface area contributed by atoms with Gasteiger partial charge in [0.1, 0.15) is 6.04 Å². The van der Waals surface area contributed by atoms with E-state index in [2.05, 4.69) is 5.16 Å². The van der Waals surface area contributed by atoms with E-state index >= 15 is 0 Å². The third-order valence-electron chi connectivity index (χ3n) is 4.15. The predicted octanol–water partition coefficient (Wildman–Crippen LogP) is 2.83. The van der Waals surface area contributed by atoms with Crippen molar-refractivity contribution in [1.29, 1.82) is 0 Å². The molecule has 0 bridgehead atoms. The highest BCUT2D eigenvalue weighted by Gasteiger charge is 2.35. The first kappa shape index (κ1) is 17.2. The molecule has 0 spiro atoms. The topological polar surface area (TPSA) is 72.6 Å². The highest BCUT2D eigenvalue weighted by Crippen LogP contribution is 2.23. The summed E-state index contributed by atoms with van der Waals surface area (Å²) in [6, 6.07) is 10.9. The average Bonchev–Trinajstić information content (AvgIpc) is 3.24. The van der Waals surface area contributed by atoms with Crippen molar-refractivity contribution in [2.24, 2.45) is 0 Å². The van der Waals surface area contributed by atoms with E-state index in [1.54, 1.807) is 24.8 Å². The van der Waals surface area contributed by atoms with Crippen molar-refractivity contribution in [2.75, 3.05) is 6.54 Å². The van der Waals surface area contributed by atoms with Crippen LogP contribution in [0.3, 0.4) is 0 Å². The fourth-order valence-electron chi connectivity index (χ4n) is 3.01. The number of hydrogen-bond acceptors (Lipinski definition) is 5. The van der Waals surface area contributed by atoms with Crippen molar-refractivity contribution in [3.8, 4) is 11.3 Å². The van der Waals surface area contributed by atoms with Gasteiger partial charge in [-0.05, 0) is 26.7 Å². The molecule has 2 heterocycles. The normalized spacial score (nSPS) is 17.1. The van der Waals surface area contributed by atoms with E-state index in [9.17, 15) is 9.59 Å². The van der Waals surface area contributed by atoms with Gasteiger partial charge >= 0.3 is 5.97 Å². The Kier molecular flexibility index (Phi) is 5.16. The molecule has 1 saturated heterocycles. The first-order valence-electron chi connectivity index (χ1n) is 8.55. The molecule has 1 aromatic heterocycles. The smallest absolute Gasteiger partial charge is 0.329 e. The number of likely N-dealkylation sites (tertiary alicyclic amines) is 1. The maximum absolute atomic E-state index is 12.6. The van der Waals surface area contributed by atoms with Crippen LogP contribution in [0.2, 0.25) is 0 Å². The zero-order chi connectivity index (χ0) is 17.8. The fourth-order valence-corrected chi connectivity index (χ4v) is 3.01. The highest BCUT2D eigenvalue weighted by atomic mass is 16.5. The summed E-state index contributed by atoms with van der Waals surface area (Å²) in [7, 11) is 0. The Hall–Kier alpha value is -2.63. The monoisotopic (exact) mass is 342 g/mol. The van der Waals surface area contributed by atoms with Gasteiger partial charge in [0.05, 0.1) is 18.2 Å². The van der Waals surface area contributed by atoms with E-state index in [-0.39, 0.29) is 24.4 Å². The van der Waals surface area contributed by atoms with Gasteiger partial charge in [0.25, 0.3) is 0 Å². The van der Waals surface area contributed by atoms with Gasteiger partial charge in [-0.15, -0.1) is 0 Å². The molecule has 1 fully saturated rings. The number of esters is 1. The molecule has 2 aromatic rings. The molecule has 1 aliphatic rings. The van der Waals surface area contributed by atoms with Gasteiger partial charge in [-0.1, -0.05) is 35.5 Å². The van der Waals surface area contributed by atoms with Crippen LogP contribution in [0.1, 0.15) is 32.4 Å². The van der Waals surface area contributed by atoms with Gasteiger partial charge in [-0.2, -0.15) is 0 Å². The van der Waals surface area contributed by atoms with Crippen LogP contribution in [0.4, 0.5) is 0 Å². The average molecular weight is 342 g/mol. The molecule has 0 unspecified atom stereocenters. The molecular weight excluding hydrogens is 320 g/mol. The molecule has 1 aliphatic heterocycles. The van der Waals surface area contributed by atoms with Gasteiger partial charge in [-0.25, -0.2) is 4.79 Å². The zero-order valence-electron chi connectivity index (χ0n) is 14.5. The molecular formula is C19H22N2O4. The third kappa shape index (κ3) is 4.07. The molecule has 1 atom stereocenters. The molecule has 132 valence electrons. The minimum atomic E-state index is -0.490. The third-order valence-corrected chi connectivity index (χ3v) is 4.15. The van der Waals surface area contributed by atoms with E-state index < -0.39 is 6.04 Å². The minimum absolute atomic E-state index is 0.113. The lowest BCUT2D eigenvalue weighted by Crippen LogP contribution is -2.42. The number of rotatable bonds is 5. The van der Waals surface area contributed by atoms with Gasteiger partial charge < -0.3 is 14.2 Å². The second kappa shape index (κ2) is 7.51. The molecule has 0 N–H and O–H groups in total. The molecule has 6 heteroatoms. The van der Waals surface area contributed by atoms with E-state index in [1.165, 1.54) is 0 Å². The van der Waals surface area contributed by atoms with Crippen molar-refractivity contribution >= 4 is 11.9 Å². The summed E-state index contributed by atoms with van der Waals surface area (Å²) >= 11 is 0. The summed E-state index contributed by atoms with van der Waals surface area (Å²) in [5, 5.41) is 3.98. The molecule has 0 saturated carbocycles. The van der Waals surface area contributed by atoms with Crippen molar-refractivity contribution in [2.45, 2.75) is 45.3 Å². The molecule has 25 heavy (non-hydrogen) atoms. The van der Waals surface area contributed by atoms with Crippen LogP contribution in [-0.4, -0.2) is 40.6 Å². The Labute approximate surface area is 146 Å². The van der Waals surface area contributed by atoms with Crippen LogP contribution in [-0.2, 0) is 20.7 Å². The molecule has 0 radical (unpaired) electrons. The first-order valence-corrected chi connectivity index (χ1v) is 8.55. The van der Waals surface area contributed by atoms with Crippen molar-refractivity contribution < 1.29 is 18.8 Å². The number of carbonyl (C=O) groups is 2. The number of aromatic nitrogens is 1. The summed E-state index contributed by atoms with van der Waals surface area (Å²) in [6.45, 7) is 4.18. The first-order chi connectivity index (χ1) is 12.0. The number of benzene rings is 1. The number of amides is 1. The minimum Gasteiger partial charge on any atom is -0.461 e. The number of nitrogens with zero attached hydrogens (tertiary/aromatic N) is 2. The summed E-state index contributed by atoms with van der Waals surface area (Å²) < 4.78 is 10.6. The molecule has 3 rings (SSSR count). The van der Waals surface area contributed by atoms with Crippen molar-refractivity contribution in [1.82, 2.24) is 10.1 Å². The van der Waals surface area contributed by atoms with Crippen molar-refractivity contribution in [3.05, 3.63) is 42.1 Å². The summed E-state index contributed by atoms with van der Waals surface area (Å²) in [6.07, 6.45) is 1.37. The lowest BCUT2D eigenvalue weighted by molar-refractivity contribution is -0.156. The number of carbonyl (C=O) groups excluding carboxylic acids is 2. The van der Waals surface area contributed by atoms with E-state index in [0.29, 0.717) is 24.4 Å². The second-order valence-corrected chi connectivity index (χ2v) is 6.46. The van der Waals surface area contributed by atoms with Crippen LogP contribution in [0.15, 0.2) is 40.9 Å². The summed E-state index contributed by atoms with van der Waals surface area (Å²) in [5.41, 5.74) is 1.47. The quantitative estimate of drug-likeness (QED) is 0.781. The van der Waals surface area contributed by atoms with E-state index in [0.717, 1.165) is 12.0 Å².